The maximum Gasteiger partial charge on any atom is 1.00 e. The second kappa shape index (κ2) is 11.6. The summed E-state index contributed by atoms with van der Waals surface area (Å²) in [6, 6.07) is 0. The average Bonchev–Trinajstić information content (AvgIpc) is 2.09. The molecule has 0 aliphatic heterocycles. The molecule has 0 aliphatic rings. The number of unbranched alkanes of at least 4 members (excludes halogenated alkanes) is 3. The smallest absolute Gasteiger partial charge is 0.748 e. The Bertz CT molecular complexity index is 241. The Hall–Kier alpha value is 1.51. The van der Waals surface area contributed by atoms with Crippen LogP contribution in [-0.4, -0.2) is 29.9 Å². The third kappa shape index (κ3) is 15.5. The zero-order chi connectivity index (χ0) is 11.7. The van der Waals surface area contributed by atoms with Crippen LogP contribution in [0.5, 0.6) is 0 Å². The zero-order valence-electron chi connectivity index (χ0n) is 10.3. The fourth-order valence-corrected chi connectivity index (χ4v) is 2.05. The van der Waals surface area contributed by atoms with Crippen molar-refractivity contribution >= 4 is 10.1 Å². The first-order valence-corrected chi connectivity index (χ1v) is 7.15. The molecule has 0 bridgehead atoms. The number of hydrogen-bond donors (Lipinski definition) is 1. The summed E-state index contributed by atoms with van der Waals surface area (Å²) in [6.45, 7) is 2.03. The maximum atomic E-state index is 10.3. The summed E-state index contributed by atoms with van der Waals surface area (Å²) in [6.07, 6.45) is 5.34. The van der Waals surface area contributed by atoms with E-state index in [4.69, 9.17) is 0 Å². The van der Waals surface area contributed by atoms with E-state index in [0.717, 1.165) is 38.5 Å². The molecule has 0 radical (unpaired) electrons. The van der Waals surface area contributed by atoms with E-state index in [9.17, 15) is 18.1 Å². The van der Waals surface area contributed by atoms with Gasteiger partial charge in [-0.15, -0.1) is 0 Å². The Morgan fingerprint density at radius 1 is 1.12 bits per heavy atom. The molecule has 1 atom stereocenters. The predicted octanol–water partition coefficient (Wildman–Crippen LogP) is -1.35. The second-order valence-corrected chi connectivity index (χ2v) is 5.43. The molecular formula is C10H21KO4S. The molecule has 16 heavy (non-hydrogen) atoms. The molecule has 0 heterocycles. The summed E-state index contributed by atoms with van der Waals surface area (Å²) in [4.78, 5) is 0. The summed E-state index contributed by atoms with van der Waals surface area (Å²) in [7, 11) is -4.04. The Morgan fingerprint density at radius 2 is 1.69 bits per heavy atom. The molecule has 0 aromatic rings. The number of aliphatic hydroxyl groups is 1. The summed E-state index contributed by atoms with van der Waals surface area (Å²) in [5.74, 6) is -0.259. The van der Waals surface area contributed by atoms with Gasteiger partial charge in [0.05, 0.1) is 16.2 Å². The first kappa shape index (κ1) is 19.8. The van der Waals surface area contributed by atoms with E-state index in [1.165, 1.54) is 0 Å². The van der Waals surface area contributed by atoms with Crippen LogP contribution in [0.1, 0.15) is 51.9 Å². The summed E-state index contributed by atoms with van der Waals surface area (Å²) < 4.78 is 30.8. The van der Waals surface area contributed by atoms with Crippen molar-refractivity contribution in [2.45, 2.75) is 58.0 Å². The van der Waals surface area contributed by atoms with E-state index in [0.29, 0.717) is 6.42 Å². The normalized spacial score (nSPS) is 13.2. The monoisotopic (exact) mass is 276 g/mol. The Morgan fingerprint density at radius 3 is 2.19 bits per heavy atom. The summed E-state index contributed by atoms with van der Waals surface area (Å²) in [5, 5.41) is 9.39. The molecule has 1 N–H and O–H groups in total. The van der Waals surface area contributed by atoms with Crippen LogP contribution < -0.4 is 51.4 Å². The molecule has 0 spiro atoms. The van der Waals surface area contributed by atoms with Crippen LogP contribution in [0.2, 0.25) is 0 Å². The molecule has 0 aromatic carbocycles. The molecular weight excluding hydrogens is 255 g/mol. The van der Waals surface area contributed by atoms with Crippen LogP contribution in [-0.2, 0) is 10.1 Å². The first-order chi connectivity index (χ1) is 6.95. The summed E-state index contributed by atoms with van der Waals surface area (Å²) in [5.41, 5.74) is 0. The van der Waals surface area contributed by atoms with Gasteiger partial charge in [-0.1, -0.05) is 32.6 Å². The van der Waals surface area contributed by atoms with Crippen molar-refractivity contribution in [3.8, 4) is 0 Å². The predicted molar refractivity (Wildman–Crippen MR) is 58.6 cm³/mol. The van der Waals surface area contributed by atoms with Crippen LogP contribution in [0.25, 0.3) is 0 Å². The molecule has 92 valence electrons. The van der Waals surface area contributed by atoms with E-state index in [1.807, 2.05) is 6.92 Å². The van der Waals surface area contributed by atoms with E-state index >= 15 is 0 Å². The molecule has 0 fully saturated rings. The number of hydrogen-bond acceptors (Lipinski definition) is 4. The van der Waals surface area contributed by atoms with Gasteiger partial charge in [-0.3, -0.25) is 0 Å². The van der Waals surface area contributed by atoms with Gasteiger partial charge < -0.3 is 9.66 Å². The van der Waals surface area contributed by atoms with Crippen molar-refractivity contribution in [3.05, 3.63) is 0 Å². The topological polar surface area (TPSA) is 77.4 Å². The van der Waals surface area contributed by atoms with Crippen LogP contribution in [0.15, 0.2) is 0 Å². The van der Waals surface area contributed by atoms with Gasteiger partial charge >= 0.3 is 51.4 Å². The first-order valence-electron chi connectivity index (χ1n) is 5.57. The van der Waals surface area contributed by atoms with Gasteiger partial charge in [0.25, 0.3) is 0 Å². The zero-order valence-corrected chi connectivity index (χ0v) is 14.3. The van der Waals surface area contributed by atoms with Gasteiger partial charge in [0.15, 0.2) is 0 Å². The molecule has 0 aromatic heterocycles. The van der Waals surface area contributed by atoms with Gasteiger partial charge in [-0.05, 0) is 19.3 Å². The minimum Gasteiger partial charge on any atom is -0.748 e. The molecule has 0 rings (SSSR count). The maximum absolute atomic E-state index is 10.3. The van der Waals surface area contributed by atoms with E-state index in [-0.39, 0.29) is 63.2 Å². The molecule has 0 saturated heterocycles. The molecule has 6 heteroatoms. The average molecular weight is 276 g/mol. The van der Waals surface area contributed by atoms with Crippen LogP contribution in [0.4, 0.5) is 0 Å². The number of aliphatic hydroxyl groups excluding tert-OH is 1. The largest absolute Gasteiger partial charge is 1.00 e. The van der Waals surface area contributed by atoms with Gasteiger partial charge in [-0.25, -0.2) is 8.42 Å². The minimum atomic E-state index is -4.04. The van der Waals surface area contributed by atoms with Crippen molar-refractivity contribution in [2.75, 3.05) is 5.75 Å². The molecule has 0 saturated carbocycles. The van der Waals surface area contributed by atoms with Crippen molar-refractivity contribution in [3.63, 3.8) is 0 Å². The van der Waals surface area contributed by atoms with E-state index in [2.05, 4.69) is 0 Å². The summed E-state index contributed by atoms with van der Waals surface area (Å²) >= 11 is 0. The van der Waals surface area contributed by atoms with Gasteiger partial charge in [-0.2, -0.15) is 0 Å². The molecule has 4 nitrogen and oxygen atoms in total. The Labute approximate surface area is 141 Å². The molecule has 0 amide bonds. The molecule has 0 aliphatic carbocycles. The van der Waals surface area contributed by atoms with Crippen LogP contribution in [0, 0.1) is 0 Å². The number of rotatable bonds is 9. The van der Waals surface area contributed by atoms with Crippen molar-refractivity contribution in [1.82, 2.24) is 0 Å². The Kier molecular flexibility index (Phi) is 14.4. The second-order valence-electron chi connectivity index (χ2n) is 3.91. The van der Waals surface area contributed by atoms with Crippen LogP contribution >= 0.6 is 0 Å². The SMILES string of the molecule is CCCC(O)CCCCCCS(=O)(=O)[O-].[K+]. The van der Waals surface area contributed by atoms with Crippen molar-refractivity contribution in [2.24, 2.45) is 0 Å². The van der Waals surface area contributed by atoms with Crippen molar-refractivity contribution < 1.29 is 69.5 Å². The van der Waals surface area contributed by atoms with Crippen LogP contribution in [0.3, 0.4) is 0 Å². The fraction of sp³-hybridized carbons (Fsp3) is 1.00. The molecule has 1 unspecified atom stereocenters. The Balaban J connectivity index is 0. The van der Waals surface area contributed by atoms with Crippen molar-refractivity contribution in [1.29, 1.82) is 0 Å². The quantitative estimate of drug-likeness (QED) is 0.321. The fourth-order valence-electron chi connectivity index (χ4n) is 1.49. The van der Waals surface area contributed by atoms with E-state index in [1.54, 1.807) is 0 Å². The minimum absolute atomic E-state index is 0. The third-order valence-electron chi connectivity index (χ3n) is 2.30. The standard InChI is InChI=1S/C10H22O4S.K/c1-2-7-10(11)8-5-3-4-6-9-15(12,13)14;/h10-11H,2-9H2,1H3,(H,12,13,14);/q;+1/p-1. The van der Waals surface area contributed by atoms with Gasteiger partial charge in [0.1, 0.15) is 0 Å². The van der Waals surface area contributed by atoms with E-state index < -0.39 is 10.1 Å². The third-order valence-corrected chi connectivity index (χ3v) is 3.09. The van der Waals surface area contributed by atoms with Gasteiger partial charge in [0, 0.05) is 5.75 Å². The van der Waals surface area contributed by atoms with Gasteiger partial charge in [0.2, 0.25) is 0 Å².